The van der Waals surface area contributed by atoms with E-state index in [1.165, 1.54) is 0 Å². The molecule has 0 radical (unpaired) electrons. The highest BCUT2D eigenvalue weighted by molar-refractivity contribution is 9.10. The average molecular weight is 270 g/mol. The Morgan fingerprint density at radius 3 is 2.67 bits per heavy atom. The van der Waals surface area contributed by atoms with Gasteiger partial charge in [-0.15, -0.1) is 0 Å². The van der Waals surface area contributed by atoms with Crippen LogP contribution >= 0.6 is 15.9 Å². The van der Waals surface area contributed by atoms with Gasteiger partial charge in [0.25, 0.3) is 0 Å². The minimum atomic E-state index is -1.02. The lowest BCUT2D eigenvalue weighted by Gasteiger charge is -2.07. The van der Waals surface area contributed by atoms with Crippen molar-refractivity contribution in [1.29, 1.82) is 0 Å². The van der Waals surface area contributed by atoms with Gasteiger partial charge in [0, 0.05) is 10.9 Å². The number of benzene rings is 1. The third kappa shape index (κ3) is 2.18. The summed E-state index contributed by atoms with van der Waals surface area (Å²) in [5.41, 5.74) is 1.00. The Hall–Kier alpha value is -1.36. The number of rotatable bonds is 2. The molecule has 0 spiro atoms. The van der Waals surface area contributed by atoms with E-state index >= 15 is 0 Å². The molecule has 5 heteroatoms. The third-order valence-corrected chi connectivity index (χ3v) is 2.69. The molecule has 1 N–H and O–H groups in total. The molecule has 0 amide bonds. The molecule has 1 atom stereocenters. The molecule has 1 aliphatic heterocycles. The fourth-order valence-electron chi connectivity index (χ4n) is 1.36. The van der Waals surface area contributed by atoms with Gasteiger partial charge in [0.15, 0.2) is 11.8 Å². The van der Waals surface area contributed by atoms with Gasteiger partial charge in [0.05, 0.1) is 0 Å². The molecular formula is C10H8BrNO3. The molecule has 0 fully saturated rings. The van der Waals surface area contributed by atoms with Crippen LogP contribution in [0, 0.1) is 0 Å². The van der Waals surface area contributed by atoms with Crippen molar-refractivity contribution in [3.8, 4) is 0 Å². The number of carboxylic acids is 1. The smallest absolute Gasteiger partial charge is 0.353 e. The zero-order valence-electron chi connectivity index (χ0n) is 7.68. The van der Waals surface area contributed by atoms with Crippen molar-refractivity contribution in [1.82, 2.24) is 0 Å². The van der Waals surface area contributed by atoms with E-state index < -0.39 is 5.97 Å². The van der Waals surface area contributed by atoms with Crippen LogP contribution in [0.25, 0.3) is 0 Å². The van der Waals surface area contributed by atoms with Gasteiger partial charge in [-0.2, -0.15) is 0 Å². The first-order valence-electron chi connectivity index (χ1n) is 4.38. The summed E-state index contributed by atoms with van der Waals surface area (Å²) < 4.78 is 0.976. The molecule has 0 aromatic heterocycles. The van der Waals surface area contributed by atoms with Gasteiger partial charge in [-0.05, 0) is 17.7 Å². The lowest BCUT2D eigenvalue weighted by atomic mass is 10.1. The van der Waals surface area contributed by atoms with Crippen LogP contribution in [0.1, 0.15) is 18.1 Å². The van der Waals surface area contributed by atoms with Gasteiger partial charge < -0.3 is 9.94 Å². The van der Waals surface area contributed by atoms with Crippen molar-refractivity contribution in [2.24, 2.45) is 5.16 Å². The molecule has 4 nitrogen and oxygen atoms in total. The number of nitrogens with zero attached hydrogens (tertiary/aromatic N) is 1. The van der Waals surface area contributed by atoms with E-state index in [-0.39, 0.29) is 11.8 Å². The highest BCUT2D eigenvalue weighted by Gasteiger charge is 2.26. The molecule has 1 aromatic carbocycles. The summed E-state index contributed by atoms with van der Waals surface area (Å²) in [4.78, 5) is 15.7. The number of carbonyl (C=O) groups is 1. The molecule has 0 saturated carbocycles. The van der Waals surface area contributed by atoms with Gasteiger partial charge in [-0.25, -0.2) is 4.79 Å². The first-order chi connectivity index (χ1) is 7.16. The normalized spacial score (nSPS) is 19.5. The minimum Gasteiger partial charge on any atom is -0.477 e. The molecule has 0 bridgehead atoms. The highest BCUT2D eigenvalue weighted by atomic mass is 79.9. The zero-order chi connectivity index (χ0) is 10.8. The topological polar surface area (TPSA) is 58.9 Å². The maximum atomic E-state index is 10.6. The highest BCUT2D eigenvalue weighted by Crippen LogP contribution is 2.28. The summed E-state index contributed by atoms with van der Waals surface area (Å²) in [6.45, 7) is 0. The lowest BCUT2D eigenvalue weighted by molar-refractivity contribution is -0.129. The van der Waals surface area contributed by atoms with Crippen molar-refractivity contribution in [2.45, 2.75) is 12.5 Å². The first kappa shape index (κ1) is 10.2. The van der Waals surface area contributed by atoms with Crippen LogP contribution in [0.15, 0.2) is 33.9 Å². The lowest BCUT2D eigenvalue weighted by Crippen LogP contribution is -2.11. The summed E-state index contributed by atoms with van der Waals surface area (Å²) in [6, 6.07) is 7.54. The SMILES string of the molecule is O=C(O)C1=NOC(c2ccc(Br)cc2)C1. The molecule has 78 valence electrons. The second kappa shape index (κ2) is 4.02. The molecular weight excluding hydrogens is 262 g/mol. The van der Waals surface area contributed by atoms with Gasteiger partial charge in [0.1, 0.15) is 0 Å². The number of carboxylic acid groups (broad SMARTS) is 1. The number of aliphatic carboxylic acids is 1. The van der Waals surface area contributed by atoms with Crippen LogP contribution in [0.4, 0.5) is 0 Å². The van der Waals surface area contributed by atoms with E-state index in [2.05, 4.69) is 21.1 Å². The van der Waals surface area contributed by atoms with Gasteiger partial charge in [0.2, 0.25) is 0 Å². The van der Waals surface area contributed by atoms with E-state index in [4.69, 9.17) is 9.94 Å². The zero-order valence-corrected chi connectivity index (χ0v) is 9.27. The molecule has 0 saturated heterocycles. The van der Waals surface area contributed by atoms with Crippen molar-refractivity contribution in [3.63, 3.8) is 0 Å². The Morgan fingerprint density at radius 1 is 1.47 bits per heavy atom. The molecule has 1 aromatic rings. The van der Waals surface area contributed by atoms with Crippen LogP contribution < -0.4 is 0 Å². The van der Waals surface area contributed by atoms with Crippen molar-refractivity contribution >= 4 is 27.6 Å². The van der Waals surface area contributed by atoms with Crippen LogP contribution in [0.2, 0.25) is 0 Å². The van der Waals surface area contributed by atoms with Crippen LogP contribution in [0.3, 0.4) is 0 Å². The summed E-state index contributed by atoms with van der Waals surface area (Å²) in [6.07, 6.45) is 0.0425. The maximum Gasteiger partial charge on any atom is 0.353 e. The summed E-state index contributed by atoms with van der Waals surface area (Å²) >= 11 is 3.33. The standard InChI is InChI=1S/C10H8BrNO3/c11-7-3-1-6(2-4-7)9-5-8(10(13)14)12-15-9/h1-4,9H,5H2,(H,13,14). The molecule has 1 unspecified atom stereocenters. The number of hydrogen-bond donors (Lipinski definition) is 1. The predicted molar refractivity (Wildman–Crippen MR) is 57.7 cm³/mol. The molecule has 15 heavy (non-hydrogen) atoms. The largest absolute Gasteiger partial charge is 0.477 e. The molecule has 1 heterocycles. The second-order valence-electron chi connectivity index (χ2n) is 3.19. The monoisotopic (exact) mass is 269 g/mol. The first-order valence-corrected chi connectivity index (χ1v) is 5.17. The molecule has 1 aliphatic rings. The van der Waals surface area contributed by atoms with Gasteiger partial charge >= 0.3 is 5.97 Å². The van der Waals surface area contributed by atoms with E-state index in [9.17, 15) is 4.79 Å². The number of halogens is 1. The van der Waals surface area contributed by atoms with E-state index in [0.29, 0.717) is 6.42 Å². The molecule has 0 aliphatic carbocycles. The van der Waals surface area contributed by atoms with Crippen LogP contribution in [-0.4, -0.2) is 16.8 Å². The van der Waals surface area contributed by atoms with Crippen molar-refractivity contribution in [3.05, 3.63) is 34.3 Å². The summed E-state index contributed by atoms with van der Waals surface area (Å²) in [7, 11) is 0. The summed E-state index contributed by atoms with van der Waals surface area (Å²) in [5, 5.41) is 12.2. The Kier molecular flexibility index (Phi) is 2.73. The predicted octanol–water partition coefficient (Wildman–Crippen LogP) is 2.35. The van der Waals surface area contributed by atoms with Crippen molar-refractivity contribution < 1.29 is 14.7 Å². The Morgan fingerprint density at radius 2 is 2.13 bits per heavy atom. The Balaban J connectivity index is 2.10. The summed E-state index contributed by atoms with van der Waals surface area (Å²) in [5.74, 6) is -1.02. The Bertz CT molecular complexity index is 413. The van der Waals surface area contributed by atoms with E-state index in [1.54, 1.807) is 0 Å². The van der Waals surface area contributed by atoms with E-state index in [1.807, 2.05) is 24.3 Å². The quantitative estimate of drug-likeness (QED) is 0.897. The fourth-order valence-corrected chi connectivity index (χ4v) is 1.62. The average Bonchev–Trinajstić information content (AvgIpc) is 2.68. The second-order valence-corrected chi connectivity index (χ2v) is 4.11. The minimum absolute atomic E-state index is 0.0721. The molecule has 2 rings (SSSR count). The van der Waals surface area contributed by atoms with Crippen molar-refractivity contribution in [2.75, 3.05) is 0 Å². The third-order valence-electron chi connectivity index (χ3n) is 2.16. The maximum absolute atomic E-state index is 10.6. The Labute approximate surface area is 94.7 Å². The fraction of sp³-hybridized carbons (Fsp3) is 0.200. The van der Waals surface area contributed by atoms with Gasteiger partial charge in [-0.1, -0.05) is 33.2 Å². The number of oxime groups is 1. The van der Waals surface area contributed by atoms with Crippen LogP contribution in [-0.2, 0) is 9.63 Å². The van der Waals surface area contributed by atoms with Gasteiger partial charge in [-0.3, -0.25) is 0 Å². The van der Waals surface area contributed by atoms with E-state index in [0.717, 1.165) is 10.0 Å². The number of hydrogen-bond acceptors (Lipinski definition) is 3. The van der Waals surface area contributed by atoms with Crippen LogP contribution in [0.5, 0.6) is 0 Å².